The summed E-state index contributed by atoms with van der Waals surface area (Å²) in [7, 11) is -4.22. The summed E-state index contributed by atoms with van der Waals surface area (Å²) in [6.07, 6.45) is 7.22. The molecule has 1 heterocycles. The van der Waals surface area contributed by atoms with E-state index in [4.69, 9.17) is 5.73 Å². The molecule has 6 rings (SSSR count). The monoisotopic (exact) mass is 672 g/mol. The Morgan fingerprint density at radius 3 is 2.19 bits per heavy atom. The molecular formula is C34H48N4O8S. The van der Waals surface area contributed by atoms with E-state index in [1.807, 2.05) is 0 Å². The van der Waals surface area contributed by atoms with Crippen molar-refractivity contribution in [2.75, 3.05) is 13.1 Å². The summed E-state index contributed by atoms with van der Waals surface area (Å²) in [6.45, 7) is 3.98. The zero-order valence-electron chi connectivity index (χ0n) is 27.3. The number of unbranched alkanes of at least 4 members (excludes halogenated alkanes) is 1. The van der Waals surface area contributed by atoms with Gasteiger partial charge in [-0.3, -0.25) is 14.4 Å². The number of hydrogen-bond acceptors (Lipinski definition) is 8. The molecule has 4 N–H and O–H groups in total. The second-order valence-corrected chi connectivity index (χ2v) is 16.7. The summed E-state index contributed by atoms with van der Waals surface area (Å²) < 4.78 is 29.1. The Bertz CT molecular complexity index is 1460. The lowest BCUT2D eigenvalue weighted by Crippen LogP contribution is -2.64. The van der Waals surface area contributed by atoms with Crippen LogP contribution in [0.2, 0.25) is 0 Å². The van der Waals surface area contributed by atoms with Crippen LogP contribution in [0.25, 0.3) is 0 Å². The predicted octanol–water partition coefficient (Wildman–Crippen LogP) is 2.95. The van der Waals surface area contributed by atoms with Crippen molar-refractivity contribution < 1.29 is 37.5 Å². The summed E-state index contributed by atoms with van der Waals surface area (Å²) in [5.41, 5.74) is 6.27. The maximum Gasteiger partial charge on any atom is 0.336 e. The van der Waals surface area contributed by atoms with Gasteiger partial charge >= 0.3 is 5.97 Å². The van der Waals surface area contributed by atoms with Crippen LogP contribution in [0.15, 0.2) is 24.3 Å². The number of amides is 3. The molecule has 12 nitrogen and oxygen atoms in total. The zero-order valence-corrected chi connectivity index (χ0v) is 28.1. The third kappa shape index (κ3) is 6.83. The number of carbonyl (C=O) groups excluding carboxylic acids is 4. The van der Waals surface area contributed by atoms with Gasteiger partial charge in [0.05, 0.1) is 21.9 Å². The molecule has 47 heavy (non-hydrogen) atoms. The van der Waals surface area contributed by atoms with Crippen LogP contribution in [0, 0.1) is 23.7 Å². The number of benzene rings is 1. The molecule has 0 radical (unpaired) electrons. The summed E-state index contributed by atoms with van der Waals surface area (Å²) >= 11 is 0. The molecule has 3 atom stereocenters. The fraction of sp³-hybridized carbons (Fsp3) is 0.676. The highest BCUT2D eigenvalue weighted by molar-refractivity contribution is 7.91. The van der Waals surface area contributed by atoms with Gasteiger partial charge in [-0.05, 0) is 106 Å². The molecule has 4 saturated carbocycles. The lowest BCUT2D eigenvalue weighted by molar-refractivity contribution is -0.143. The Morgan fingerprint density at radius 2 is 1.64 bits per heavy atom. The first-order chi connectivity index (χ1) is 22.3. The molecule has 4 bridgehead atoms. The van der Waals surface area contributed by atoms with E-state index in [1.54, 1.807) is 26.0 Å². The second kappa shape index (κ2) is 14.0. The minimum atomic E-state index is -4.22. The van der Waals surface area contributed by atoms with Crippen LogP contribution in [-0.4, -0.2) is 88.7 Å². The Kier molecular flexibility index (Phi) is 10.5. The van der Waals surface area contributed by atoms with Crippen molar-refractivity contribution in [3.05, 3.63) is 35.4 Å². The van der Waals surface area contributed by atoms with Crippen molar-refractivity contribution in [2.24, 2.45) is 29.4 Å². The number of nitrogens with zero attached hydrogens (tertiary/aromatic N) is 2. The molecule has 1 saturated heterocycles. The van der Waals surface area contributed by atoms with Crippen LogP contribution in [0.3, 0.4) is 0 Å². The number of carboxylic acid groups (broad SMARTS) is 1. The Hall–Kier alpha value is -3.32. The molecular weight excluding hydrogens is 624 g/mol. The fourth-order valence-electron chi connectivity index (χ4n) is 8.89. The second-order valence-electron chi connectivity index (χ2n) is 14.5. The van der Waals surface area contributed by atoms with Crippen molar-refractivity contribution in [1.29, 1.82) is 0 Å². The molecule has 0 unspecified atom stereocenters. The van der Waals surface area contributed by atoms with Gasteiger partial charge in [0, 0.05) is 13.1 Å². The normalized spacial score (nSPS) is 27.8. The number of rotatable bonds is 14. The molecule has 1 aromatic rings. The van der Waals surface area contributed by atoms with E-state index in [9.17, 15) is 37.5 Å². The van der Waals surface area contributed by atoms with Crippen LogP contribution >= 0.6 is 0 Å². The van der Waals surface area contributed by atoms with Crippen molar-refractivity contribution >= 4 is 40.0 Å². The molecule has 0 aromatic heterocycles. The van der Waals surface area contributed by atoms with Gasteiger partial charge < -0.3 is 25.9 Å². The van der Waals surface area contributed by atoms with Crippen LogP contribution in [0.5, 0.6) is 0 Å². The van der Waals surface area contributed by atoms with E-state index in [2.05, 4.69) is 5.32 Å². The highest BCUT2D eigenvalue weighted by Crippen LogP contribution is 2.59. The molecule has 5 fully saturated rings. The van der Waals surface area contributed by atoms with Crippen molar-refractivity contribution in [3.8, 4) is 0 Å². The number of nitrogens with one attached hydrogen (secondary N) is 1. The van der Waals surface area contributed by atoms with Crippen LogP contribution in [-0.2, 0) is 24.4 Å². The van der Waals surface area contributed by atoms with Gasteiger partial charge in [-0.2, -0.15) is 0 Å². The Morgan fingerprint density at radius 1 is 1.04 bits per heavy atom. The maximum atomic E-state index is 14.7. The first kappa shape index (κ1) is 35.0. The molecule has 5 aliphatic rings. The largest absolute Gasteiger partial charge is 0.478 e. The van der Waals surface area contributed by atoms with Crippen molar-refractivity contribution in [2.45, 2.75) is 107 Å². The highest BCUT2D eigenvalue weighted by atomic mass is 32.2. The average molecular weight is 673 g/mol. The topological polar surface area (TPSA) is 184 Å². The quantitative estimate of drug-likeness (QED) is 0.198. The molecule has 4 aliphatic carbocycles. The van der Waals surface area contributed by atoms with E-state index in [-0.39, 0.29) is 37.1 Å². The van der Waals surface area contributed by atoms with Gasteiger partial charge in [-0.25, -0.2) is 17.5 Å². The van der Waals surface area contributed by atoms with Crippen molar-refractivity contribution in [3.63, 3.8) is 0 Å². The lowest BCUT2D eigenvalue weighted by Gasteiger charge is -2.57. The summed E-state index contributed by atoms with van der Waals surface area (Å²) in [6, 6.07) is 2.81. The third-order valence-corrected chi connectivity index (χ3v) is 13.4. The average Bonchev–Trinajstić information content (AvgIpc) is 3.51. The minimum absolute atomic E-state index is 0.0603. The molecule has 1 aliphatic heterocycles. The van der Waals surface area contributed by atoms with Gasteiger partial charge in [-0.15, -0.1) is 0 Å². The summed E-state index contributed by atoms with van der Waals surface area (Å²) in [5, 5.41) is 12.0. The molecule has 0 spiro atoms. The number of hydrogen-bond donors (Lipinski definition) is 3. The van der Waals surface area contributed by atoms with E-state index in [0.29, 0.717) is 62.6 Å². The molecule has 258 valence electrons. The van der Waals surface area contributed by atoms with Crippen molar-refractivity contribution in [1.82, 2.24) is 14.5 Å². The van der Waals surface area contributed by atoms with Crippen LogP contribution in [0.1, 0.15) is 105 Å². The van der Waals surface area contributed by atoms with E-state index in [0.717, 1.165) is 23.6 Å². The maximum absolute atomic E-state index is 14.7. The SMILES string of the molecule is CC(C)[C@@H](C=O)N(C(=O)[C@@H]1CCCN1C(=O)[C@@H](N)CCCCNC(=O)c1ccccc1C(=O)O)S(=O)(=O)C12CC3CC(CC(C3)C1)C2. The van der Waals surface area contributed by atoms with Gasteiger partial charge in [0.1, 0.15) is 18.4 Å². The number of aldehydes is 1. The van der Waals surface area contributed by atoms with Gasteiger partial charge in [-0.1, -0.05) is 26.0 Å². The number of nitrogens with two attached hydrogens (primary N) is 1. The van der Waals surface area contributed by atoms with E-state index in [1.165, 1.54) is 17.0 Å². The molecule has 3 amide bonds. The number of sulfonamides is 1. The van der Waals surface area contributed by atoms with Gasteiger partial charge in [0.25, 0.3) is 11.8 Å². The molecule has 1 aromatic carbocycles. The standard InChI is InChI=1S/C34H48N4O8S/c1-21(2)29(20-39)38(47(45,46)34-17-22-14-23(18-34)16-24(15-22)19-34)32(42)28-11-7-13-37(28)31(41)27(35)10-5-6-12-36-30(40)25-8-3-4-9-26(25)33(43)44/h3-4,8-9,20-24,27-29H,5-7,10-19,35H2,1-2H3,(H,36,40)(H,43,44)/t22?,23?,24?,27-,28-,29+,34?/m0/s1. The third-order valence-electron chi connectivity index (χ3n) is 10.9. The lowest BCUT2D eigenvalue weighted by atomic mass is 9.56. The van der Waals surface area contributed by atoms with Crippen LogP contribution in [0.4, 0.5) is 0 Å². The Balaban J connectivity index is 1.23. The summed E-state index contributed by atoms with van der Waals surface area (Å²) in [4.78, 5) is 65.7. The molecule has 13 heteroatoms. The smallest absolute Gasteiger partial charge is 0.336 e. The van der Waals surface area contributed by atoms with Crippen LogP contribution < -0.4 is 11.1 Å². The first-order valence-electron chi connectivity index (χ1n) is 17.0. The Labute approximate surface area is 276 Å². The number of likely N-dealkylation sites (tertiary alicyclic amines) is 1. The number of carbonyl (C=O) groups is 5. The van der Waals surface area contributed by atoms with E-state index >= 15 is 0 Å². The highest BCUT2D eigenvalue weighted by Gasteiger charge is 2.61. The zero-order chi connectivity index (χ0) is 34.1. The number of aromatic carboxylic acids is 1. The van der Waals surface area contributed by atoms with E-state index < -0.39 is 62.5 Å². The van der Waals surface area contributed by atoms with Gasteiger partial charge in [0.2, 0.25) is 15.9 Å². The minimum Gasteiger partial charge on any atom is -0.478 e. The first-order valence-corrected chi connectivity index (χ1v) is 18.4. The number of carboxylic acids is 1. The fourth-order valence-corrected chi connectivity index (χ4v) is 11.6. The summed E-state index contributed by atoms with van der Waals surface area (Å²) in [5.74, 6) is -2.35. The predicted molar refractivity (Wildman–Crippen MR) is 174 cm³/mol. The van der Waals surface area contributed by atoms with Gasteiger partial charge in [0.15, 0.2) is 0 Å².